The molecule has 0 fully saturated rings. The van der Waals surface area contributed by atoms with Gasteiger partial charge in [0.1, 0.15) is 0 Å². The highest BCUT2D eigenvalue weighted by Crippen LogP contribution is 2.25. The van der Waals surface area contributed by atoms with Crippen LogP contribution in [0.3, 0.4) is 0 Å². The number of thioether (sulfide) groups is 1. The van der Waals surface area contributed by atoms with Crippen molar-refractivity contribution < 1.29 is 17.7 Å². The third kappa shape index (κ3) is 10.7. The van der Waals surface area contributed by atoms with E-state index in [1.165, 1.54) is 0 Å². The first kappa shape index (κ1) is 18.8. The zero-order valence-electron chi connectivity index (χ0n) is 10.4. The van der Waals surface area contributed by atoms with Gasteiger partial charge < -0.3 is 4.74 Å². The zero-order valence-corrected chi connectivity index (χ0v) is 13.6. The van der Waals surface area contributed by atoms with Gasteiger partial charge in [-0.15, -0.1) is 3.94 Å². The molecule has 0 amide bonds. The summed E-state index contributed by atoms with van der Waals surface area (Å²) in [6.07, 6.45) is 0.829. The second-order valence-corrected chi connectivity index (χ2v) is 7.95. The first-order valence-corrected chi connectivity index (χ1v) is 8.81. The van der Waals surface area contributed by atoms with Crippen LogP contribution in [-0.2, 0) is 14.9 Å². The molecule has 0 unspecified atom stereocenters. The van der Waals surface area contributed by atoms with Gasteiger partial charge in [-0.2, -0.15) is 20.2 Å². The Labute approximate surface area is 123 Å². The molecule has 0 aromatic carbocycles. The minimum absolute atomic E-state index is 0.0159. The predicted molar refractivity (Wildman–Crippen MR) is 76.8 cm³/mol. The average Bonchev–Trinajstić information content (AvgIpc) is 2.20. The predicted octanol–water partition coefficient (Wildman–Crippen LogP) is 2.40. The molecule has 1 N–H and O–H groups in total. The summed E-state index contributed by atoms with van der Waals surface area (Å²) in [5, 5.41) is 0. The normalized spacial score (nSPS) is 13.2. The van der Waals surface area contributed by atoms with Gasteiger partial charge in [-0.1, -0.05) is 0 Å². The highest BCUT2D eigenvalue weighted by molar-refractivity contribution is 7.99. The maximum Gasteiger partial charge on any atom is 0.267 e. The molecule has 0 saturated carbocycles. The van der Waals surface area contributed by atoms with Crippen LogP contribution in [0.1, 0.15) is 20.3 Å². The van der Waals surface area contributed by atoms with E-state index in [-0.39, 0.29) is 17.9 Å². The Hall–Kier alpha value is 0.760. The Balaban J connectivity index is 3.42. The van der Waals surface area contributed by atoms with Crippen LogP contribution < -0.4 is 0 Å². The maximum atomic E-state index is 10.4. The molecule has 0 spiro atoms. The summed E-state index contributed by atoms with van der Waals surface area (Å²) in [6.45, 7) is 4.35. The first-order chi connectivity index (χ1) is 8.15. The molecule has 0 rings (SSSR count). The minimum atomic E-state index is -3.92. The van der Waals surface area contributed by atoms with Crippen LogP contribution in [-0.4, -0.2) is 52.9 Å². The summed E-state index contributed by atoms with van der Waals surface area (Å²) in [6, 6.07) is 0. The summed E-state index contributed by atoms with van der Waals surface area (Å²) >= 11 is 13.0. The second-order valence-electron chi connectivity index (χ2n) is 4.31. The van der Waals surface area contributed by atoms with E-state index in [1.807, 2.05) is 13.8 Å². The van der Waals surface area contributed by atoms with Gasteiger partial charge in [0.05, 0.1) is 19.0 Å². The van der Waals surface area contributed by atoms with E-state index in [1.54, 1.807) is 11.8 Å². The smallest absolute Gasteiger partial charge is 0.267 e. The molecule has 0 atom stereocenters. The van der Waals surface area contributed by atoms with Crippen LogP contribution in [0.15, 0.2) is 0 Å². The van der Waals surface area contributed by atoms with Crippen molar-refractivity contribution in [2.75, 3.05) is 30.5 Å². The number of hydrogen-bond acceptors (Lipinski definition) is 5. The SMILES string of the molecule is CC(C)(CCSCCOCCS(=O)(=O)O)N(Cl)Cl. The van der Waals surface area contributed by atoms with Crippen molar-refractivity contribution in [1.29, 1.82) is 0 Å². The standard InChI is InChI=1S/C9H19Cl2NO4S2/c1-9(2,12(10)11)3-6-17-7-4-16-5-8-18(13,14)15/h3-8H2,1-2H3,(H,13,14,15). The van der Waals surface area contributed by atoms with Gasteiger partial charge in [0.15, 0.2) is 0 Å². The number of hydrogen-bond donors (Lipinski definition) is 1. The Morgan fingerprint density at radius 2 is 1.89 bits per heavy atom. The van der Waals surface area contributed by atoms with Gasteiger partial charge in [0.25, 0.3) is 10.1 Å². The fraction of sp³-hybridized carbons (Fsp3) is 1.00. The van der Waals surface area contributed by atoms with Crippen LogP contribution in [0.2, 0.25) is 0 Å². The summed E-state index contributed by atoms with van der Waals surface area (Å²) in [7, 11) is -3.92. The van der Waals surface area contributed by atoms with Gasteiger partial charge in [0.2, 0.25) is 0 Å². The molecular formula is C9H19Cl2NO4S2. The minimum Gasteiger partial charge on any atom is -0.379 e. The van der Waals surface area contributed by atoms with Crippen molar-refractivity contribution in [2.24, 2.45) is 0 Å². The Kier molecular flexibility index (Phi) is 9.21. The quantitative estimate of drug-likeness (QED) is 0.374. The molecule has 0 heterocycles. The van der Waals surface area contributed by atoms with E-state index in [9.17, 15) is 8.42 Å². The molecule has 0 aromatic heterocycles. The van der Waals surface area contributed by atoms with E-state index in [4.69, 9.17) is 32.8 Å². The molecular weight excluding hydrogens is 321 g/mol. The molecule has 9 heteroatoms. The summed E-state index contributed by atoms with van der Waals surface area (Å²) in [5.41, 5.74) is -0.276. The van der Waals surface area contributed by atoms with Gasteiger partial charge in [-0.05, 0) is 49.6 Å². The van der Waals surface area contributed by atoms with Crippen molar-refractivity contribution in [3.8, 4) is 0 Å². The van der Waals surface area contributed by atoms with E-state index < -0.39 is 10.1 Å². The molecule has 0 aliphatic carbocycles. The largest absolute Gasteiger partial charge is 0.379 e. The summed E-state index contributed by atoms with van der Waals surface area (Å²) < 4.78 is 35.4. The number of ether oxygens (including phenoxy) is 1. The van der Waals surface area contributed by atoms with Crippen molar-refractivity contribution in [3.05, 3.63) is 0 Å². The van der Waals surface area contributed by atoms with Gasteiger partial charge in [-0.3, -0.25) is 4.55 Å². The molecule has 0 saturated heterocycles. The molecule has 0 radical (unpaired) electrons. The van der Waals surface area contributed by atoms with E-state index in [0.717, 1.165) is 21.9 Å². The Bertz CT molecular complexity index is 323. The van der Waals surface area contributed by atoms with Gasteiger partial charge in [0, 0.05) is 11.3 Å². The van der Waals surface area contributed by atoms with Crippen LogP contribution in [0.5, 0.6) is 0 Å². The number of halogens is 2. The first-order valence-electron chi connectivity index (χ1n) is 5.37. The lowest BCUT2D eigenvalue weighted by atomic mass is 10.0. The van der Waals surface area contributed by atoms with E-state index in [0.29, 0.717) is 6.61 Å². The second kappa shape index (κ2) is 8.84. The van der Waals surface area contributed by atoms with Crippen molar-refractivity contribution in [3.63, 3.8) is 0 Å². The van der Waals surface area contributed by atoms with Gasteiger partial charge in [-0.25, -0.2) is 0 Å². The molecule has 0 aliphatic rings. The van der Waals surface area contributed by atoms with Crippen LogP contribution >= 0.6 is 35.3 Å². The van der Waals surface area contributed by atoms with Crippen LogP contribution in [0, 0.1) is 0 Å². The summed E-state index contributed by atoms with van der Waals surface area (Å²) in [5.74, 6) is 1.27. The molecule has 110 valence electrons. The maximum absolute atomic E-state index is 10.4. The van der Waals surface area contributed by atoms with E-state index >= 15 is 0 Å². The summed E-state index contributed by atoms with van der Waals surface area (Å²) in [4.78, 5) is 0. The topological polar surface area (TPSA) is 66.8 Å². The molecule has 0 bridgehead atoms. The lowest BCUT2D eigenvalue weighted by Gasteiger charge is -2.27. The third-order valence-electron chi connectivity index (χ3n) is 2.17. The lowest BCUT2D eigenvalue weighted by molar-refractivity contribution is 0.165. The van der Waals surface area contributed by atoms with Crippen molar-refractivity contribution >= 4 is 45.4 Å². The fourth-order valence-electron chi connectivity index (χ4n) is 0.893. The average molecular weight is 340 g/mol. The fourth-order valence-corrected chi connectivity index (χ4v) is 2.47. The third-order valence-corrected chi connectivity index (χ3v) is 4.72. The van der Waals surface area contributed by atoms with Crippen LogP contribution in [0.4, 0.5) is 0 Å². The number of rotatable bonds is 10. The molecule has 0 aromatic rings. The molecule has 5 nitrogen and oxygen atoms in total. The van der Waals surface area contributed by atoms with E-state index in [2.05, 4.69) is 0 Å². The zero-order chi connectivity index (χ0) is 14.2. The Morgan fingerprint density at radius 1 is 1.28 bits per heavy atom. The molecule has 0 aliphatic heterocycles. The van der Waals surface area contributed by atoms with Crippen molar-refractivity contribution in [1.82, 2.24) is 3.94 Å². The highest BCUT2D eigenvalue weighted by Gasteiger charge is 2.23. The highest BCUT2D eigenvalue weighted by atomic mass is 35.5. The lowest BCUT2D eigenvalue weighted by Crippen LogP contribution is -2.31. The number of nitrogens with zero attached hydrogens (tertiary/aromatic N) is 1. The van der Waals surface area contributed by atoms with Crippen molar-refractivity contribution in [2.45, 2.75) is 25.8 Å². The molecule has 18 heavy (non-hydrogen) atoms. The van der Waals surface area contributed by atoms with Crippen LogP contribution in [0.25, 0.3) is 0 Å². The van der Waals surface area contributed by atoms with Gasteiger partial charge >= 0.3 is 0 Å². The monoisotopic (exact) mass is 339 g/mol. The Morgan fingerprint density at radius 3 is 2.39 bits per heavy atom.